The molecule has 0 amide bonds. The monoisotopic (exact) mass is 375 g/mol. The summed E-state index contributed by atoms with van der Waals surface area (Å²) in [5.41, 5.74) is 5.04. The molecule has 4 aromatic rings. The average Bonchev–Trinajstić information content (AvgIpc) is 3.10. The third-order valence-corrected chi connectivity index (χ3v) is 5.67. The van der Waals surface area contributed by atoms with Crippen molar-refractivity contribution in [3.05, 3.63) is 36.9 Å². The van der Waals surface area contributed by atoms with Crippen molar-refractivity contribution in [2.75, 3.05) is 51.6 Å². The minimum atomic E-state index is 0.911. The van der Waals surface area contributed by atoms with Crippen LogP contribution in [0.4, 0.5) is 5.69 Å². The number of aromatic nitrogens is 4. The Morgan fingerprint density at radius 2 is 1.82 bits per heavy atom. The molecule has 0 saturated carbocycles. The number of nitrogens with zero attached hydrogens (tertiary/aromatic N) is 5. The van der Waals surface area contributed by atoms with Gasteiger partial charge in [0.1, 0.15) is 0 Å². The highest BCUT2D eigenvalue weighted by Crippen LogP contribution is 2.33. The van der Waals surface area contributed by atoms with Crippen LogP contribution in [0.15, 0.2) is 36.9 Å². The fourth-order valence-electron chi connectivity index (χ4n) is 4.04. The maximum absolute atomic E-state index is 4.86. The van der Waals surface area contributed by atoms with E-state index in [2.05, 4.69) is 37.1 Å². The summed E-state index contributed by atoms with van der Waals surface area (Å²) < 4.78 is 0. The van der Waals surface area contributed by atoms with Gasteiger partial charge in [0.2, 0.25) is 0 Å². The van der Waals surface area contributed by atoms with Gasteiger partial charge >= 0.3 is 0 Å². The first-order valence-corrected chi connectivity index (χ1v) is 9.93. The molecule has 0 spiro atoms. The number of nitrogens with one attached hydrogen (secondary N) is 2. The number of rotatable bonds is 5. The molecule has 144 valence electrons. The Hall–Kier alpha value is -2.77. The lowest BCUT2D eigenvalue weighted by molar-refractivity contribution is 0.154. The van der Waals surface area contributed by atoms with E-state index in [1.807, 2.05) is 36.9 Å². The molecule has 0 unspecified atom stereocenters. The molecule has 4 aromatic heterocycles. The highest BCUT2D eigenvalue weighted by Gasteiger charge is 2.15. The molecule has 2 N–H and O–H groups in total. The summed E-state index contributed by atoms with van der Waals surface area (Å²) in [4.78, 5) is 21.8. The predicted octanol–water partition coefficient (Wildman–Crippen LogP) is 2.71. The minimum absolute atomic E-state index is 0.911. The number of likely N-dealkylation sites (N-methyl/N-ethyl adjacent to an activating group) is 1. The van der Waals surface area contributed by atoms with Gasteiger partial charge in [-0.05, 0) is 32.1 Å². The molecule has 1 saturated heterocycles. The second-order valence-electron chi connectivity index (χ2n) is 7.57. The standard InChI is InChI=1S/C21H25N7/c1-27-9-11-28(12-10-27)8-2-5-24-19-15-3-6-22-13-17(15)25-20-16-4-7-23-14-18(16)26-21(19)20/h3-4,6-7,13-14,26H,2,5,8-12H2,1H3,(H,24,25). The Balaban J connectivity index is 1.42. The first-order valence-electron chi connectivity index (χ1n) is 9.93. The maximum Gasteiger partial charge on any atom is 0.0988 e. The SMILES string of the molecule is CN1CCN(CCCNc2c3ccncc3nc3c2[nH]c2cnccc23)CC1. The van der Waals surface area contributed by atoms with E-state index in [0.717, 1.165) is 58.0 Å². The van der Waals surface area contributed by atoms with Crippen molar-refractivity contribution in [2.24, 2.45) is 0 Å². The molecule has 1 aliphatic rings. The van der Waals surface area contributed by atoms with Crippen LogP contribution < -0.4 is 5.32 Å². The molecule has 1 fully saturated rings. The maximum atomic E-state index is 4.86. The zero-order valence-electron chi connectivity index (χ0n) is 16.1. The zero-order valence-corrected chi connectivity index (χ0v) is 16.1. The molecule has 0 bridgehead atoms. The molecule has 5 heterocycles. The third kappa shape index (κ3) is 3.16. The number of hydrogen-bond acceptors (Lipinski definition) is 6. The molecular formula is C21H25N7. The van der Waals surface area contributed by atoms with Gasteiger partial charge in [0, 0.05) is 55.9 Å². The molecule has 0 aromatic carbocycles. The minimum Gasteiger partial charge on any atom is -0.383 e. The number of fused-ring (bicyclic) bond motifs is 4. The first kappa shape index (κ1) is 17.3. The molecule has 7 nitrogen and oxygen atoms in total. The Kier molecular flexibility index (Phi) is 4.54. The van der Waals surface area contributed by atoms with Crippen LogP contribution in [0.5, 0.6) is 0 Å². The van der Waals surface area contributed by atoms with Crippen molar-refractivity contribution in [1.29, 1.82) is 0 Å². The van der Waals surface area contributed by atoms with Crippen molar-refractivity contribution in [2.45, 2.75) is 6.42 Å². The van der Waals surface area contributed by atoms with Gasteiger partial charge in [-0.15, -0.1) is 0 Å². The van der Waals surface area contributed by atoms with E-state index in [9.17, 15) is 0 Å². The number of anilines is 1. The van der Waals surface area contributed by atoms with E-state index < -0.39 is 0 Å². The van der Waals surface area contributed by atoms with E-state index in [0.29, 0.717) is 0 Å². The number of aromatic amines is 1. The van der Waals surface area contributed by atoms with Gasteiger partial charge in [-0.25, -0.2) is 4.98 Å². The van der Waals surface area contributed by atoms with Crippen LogP contribution in [0.25, 0.3) is 32.8 Å². The number of piperazine rings is 1. The number of H-pyrrole nitrogens is 1. The van der Waals surface area contributed by atoms with Crippen LogP contribution in [0, 0.1) is 0 Å². The molecule has 1 aliphatic heterocycles. The first-order chi connectivity index (χ1) is 13.8. The Bertz CT molecular complexity index is 1110. The van der Waals surface area contributed by atoms with Crippen LogP contribution in [0.3, 0.4) is 0 Å². The summed E-state index contributed by atoms with van der Waals surface area (Å²) in [6, 6.07) is 4.05. The highest BCUT2D eigenvalue weighted by molar-refractivity contribution is 6.15. The lowest BCUT2D eigenvalue weighted by Gasteiger charge is -2.32. The summed E-state index contributed by atoms with van der Waals surface area (Å²) in [7, 11) is 2.20. The van der Waals surface area contributed by atoms with Gasteiger partial charge in [0.15, 0.2) is 0 Å². The summed E-state index contributed by atoms with van der Waals surface area (Å²) in [6.07, 6.45) is 8.45. The van der Waals surface area contributed by atoms with Crippen LogP contribution in [-0.4, -0.2) is 76.1 Å². The lowest BCUT2D eigenvalue weighted by atomic mass is 10.1. The highest BCUT2D eigenvalue weighted by atomic mass is 15.2. The molecule has 0 aliphatic carbocycles. The second kappa shape index (κ2) is 7.33. The van der Waals surface area contributed by atoms with Crippen molar-refractivity contribution in [1.82, 2.24) is 29.7 Å². The van der Waals surface area contributed by atoms with Crippen molar-refractivity contribution < 1.29 is 0 Å². The summed E-state index contributed by atoms with van der Waals surface area (Å²) >= 11 is 0. The third-order valence-electron chi connectivity index (χ3n) is 5.67. The smallest absolute Gasteiger partial charge is 0.0988 e. The molecule has 0 radical (unpaired) electrons. The van der Waals surface area contributed by atoms with Gasteiger partial charge in [-0.1, -0.05) is 0 Å². The van der Waals surface area contributed by atoms with Crippen molar-refractivity contribution in [3.63, 3.8) is 0 Å². The lowest BCUT2D eigenvalue weighted by Crippen LogP contribution is -2.44. The largest absolute Gasteiger partial charge is 0.383 e. The Morgan fingerprint density at radius 1 is 1.04 bits per heavy atom. The Labute approximate surface area is 163 Å². The quantitative estimate of drug-likeness (QED) is 0.523. The molecule has 5 rings (SSSR count). The van der Waals surface area contributed by atoms with Crippen LogP contribution in [-0.2, 0) is 0 Å². The Morgan fingerprint density at radius 3 is 2.68 bits per heavy atom. The fraction of sp³-hybridized carbons (Fsp3) is 0.381. The van der Waals surface area contributed by atoms with E-state index in [-0.39, 0.29) is 0 Å². The van der Waals surface area contributed by atoms with Crippen LogP contribution >= 0.6 is 0 Å². The van der Waals surface area contributed by atoms with Gasteiger partial charge in [-0.2, -0.15) is 0 Å². The van der Waals surface area contributed by atoms with Gasteiger partial charge < -0.3 is 20.1 Å². The van der Waals surface area contributed by atoms with Crippen LogP contribution in [0.1, 0.15) is 6.42 Å². The van der Waals surface area contributed by atoms with Crippen molar-refractivity contribution in [3.8, 4) is 0 Å². The van der Waals surface area contributed by atoms with Crippen LogP contribution in [0.2, 0.25) is 0 Å². The van der Waals surface area contributed by atoms with E-state index in [4.69, 9.17) is 4.98 Å². The van der Waals surface area contributed by atoms with E-state index >= 15 is 0 Å². The van der Waals surface area contributed by atoms with E-state index in [1.54, 1.807) is 0 Å². The molecule has 28 heavy (non-hydrogen) atoms. The number of pyridine rings is 3. The normalized spacial score (nSPS) is 16.3. The predicted molar refractivity (Wildman–Crippen MR) is 114 cm³/mol. The van der Waals surface area contributed by atoms with E-state index in [1.165, 1.54) is 26.2 Å². The molecule has 0 atom stereocenters. The average molecular weight is 375 g/mol. The topological polar surface area (TPSA) is 73.0 Å². The van der Waals surface area contributed by atoms with Gasteiger partial charge in [0.25, 0.3) is 0 Å². The summed E-state index contributed by atoms with van der Waals surface area (Å²) in [5, 5.41) is 5.88. The molecular weight excluding hydrogens is 350 g/mol. The van der Waals surface area contributed by atoms with Gasteiger partial charge in [0.05, 0.1) is 40.1 Å². The summed E-state index contributed by atoms with van der Waals surface area (Å²) in [6.45, 7) is 6.72. The second-order valence-corrected chi connectivity index (χ2v) is 7.57. The van der Waals surface area contributed by atoms with Gasteiger partial charge in [-0.3, -0.25) is 9.97 Å². The zero-order chi connectivity index (χ0) is 18.9. The molecule has 7 heteroatoms. The van der Waals surface area contributed by atoms with Crippen molar-refractivity contribution >= 4 is 38.5 Å². The number of hydrogen-bond donors (Lipinski definition) is 2. The summed E-state index contributed by atoms with van der Waals surface area (Å²) in [5.74, 6) is 0. The fourth-order valence-corrected chi connectivity index (χ4v) is 4.04.